The van der Waals surface area contributed by atoms with E-state index >= 15 is 0 Å². The molecule has 170 valence electrons. The van der Waals surface area contributed by atoms with Crippen molar-refractivity contribution < 1.29 is 14.3 Å². The molecular weight excluding hydrogens is 456 g/mol. The topological polar surface area (TPSA) is 69.9 Å². The molecule has 0 bridgehead atoms. The Morgan fingerprint density at radius 2 is 1.88 bits per heavy atom. The summed E-state index contributed by atoms with van der Waals surface area (Å²) < 4.78 is 12.7. The molecule has 1 aliphatic rings. The van der Waals surface area contributed by atoms with Crippen LogP contribution in [0.4, 0.5) is 0 Å². The summed E-state index contributed by atoms with van der Waals surface area (Å²) in [5, 5.41) is 0. The second-order valence-corrected chi connectivity index (χ2v) is 9.24. The van der Waals surface area contributed by atoms with Crippen LogP contribution in [-0.2, 0) is 9.53 Å². The fourth-order valence-corrected chi connectivity index (χ4v) is 5.20. The van der Waals surface area contributed by atoms with Crippen molar-refractivity contribution >= 4 is 35.1 Å². The Hall–Kier alpha value is -3.10. The van der Waals surface area contributed by atoms with Crippen LogP contribution in [-0.4, -0.2) is 30.5 Å². The number of esters is 1. The average molecular weight is 481 g/mol. The normalized spacial score (nSPS) is 15.8. The van der Waals surface area contributed by atoms with Crippen molar-refractivity contribution in [3.05, 3.63) is 90.6 Å². The highest BCUT2D eigenvalue weighted by Crippen LogP contribution is 2.31. The van der Waals surface area contributed by atoms with Crippen molar-refractivity contribution in [1.29, 1.82) is 0 Å². The lowest BCUT2D eigenvalue weighted by Crippen LogP contribution is -2.39. The largest absolute Gasteiger partial charge is 0.497 e. The molecule has 4 rings (SSSR count). The number of thiazole rings is 1. The standard InChI is InChI=1S/C25H24N2O4S2/c1-5-31-24(29)21-15(2)26-25-27(22(21)17-8-12-19(32-4)13-9-17)23(28)20(33-25)14-16-6-10-18(30-3)11-7-16/h6-14,22H,5H2,1-4H3/b20-14+/t22-/m1/s1. The third-order valence-electron chi connectivity index (χ3n) is 5.36. The maximum absolute atomic E-state index is 13.6. The molecule has 0 N–H and O–H groups in total. The molecule has 0 saturated carbocycles. The van der Waals surface area contributed by atoms with Gasteiger partial charge >= 0.3 is 5.97 Å². The summed E-state index contributed by atoms with van der Waals surface area (Å²) in [5.74, 6) is 0.291. The number of ether oxygens (including phenoxy) is 2. The molecule has 1 atom stereocenters. The van der Waals surface area contributed by atoms with Crippen molar-refractivity contribution in [2.45, 2.75) is 24.8 Å². The molecule has 0 radical (unpaired) electrons. The minimum Gasteiger partial charge on any atom is -0.497 e. The predicted octanol–water partition coefficient (Wildman–Crippen LogP) is 3.53. The maximum atomic E-state index is 13.6. The summed E-state index contributed by atoms with van der Waals surface area (Å²) in [6.45, 7) is 3.80. The number of fused-ring (bicyclic) bond motifs is 1. The Morgan fingerprint density at radius 3 is 2.48 bits per heavy atom. The van der Waals surface area contributed by atoms with Crippen molar-refractivity contribution in [2.75, 3.05) is 20.0 Å². The number of aromatic nitrogens is 1. The Balaban J connectivity index is 1.90. The van der Waals surface area contributed by atoms with Crippen molar-refractivity contribution in [1.82, 2.24) is 4.57 Å². The summed E-state index contributed by atoms with van der Waals surface area (Å²) in [6, 6.07) is 14.8. The number of carbonyl (C=O) groups is 1. The number of allylic oxidation sites excluding steroid dienone is 1. The molecule has 0 unspecified atom stereocenters. The van der Waals surface area contributed by atoms with Crippen LogP contribution in [0.15, 0.2) is 74.5 Å². The third kappa shape index (κ3) is 4.54. The first-order valence-electron chi connectivity index (χ1n) is 10.4. The highest BCUT2D eigenvalue weighted by Gasteiger charge is 2.33. The van der Waals surface area contributed by atoms with Crippen LogP contribution in [0.3, 0.4) is 0 Å². The lowest BCUT2D eigenvalue weighted by atomic mass is 9.96. The van der Waals surface area contributed by atoms with Crippen LogP contribution in [0.1, 0.15) is 31.0 Å². The maximum Gasteiger partial charge on any atom is 0.338 e. The van der Waals surface area contributed by atoms with Crippen molar-refractivity contribution in [3.63, 3.8) is 0 Å². The summed E-state index contributed by atoms with van der Waals surface area (Å²) in [4.78, 5) is 32.7. The number of nitrogens with zero attached hydrogens (tertiary/aromatic N) is 2. The first-order valence-corrected chi connectivity index (χ1v) is 12.5. The molecule has 0 spiro atoms. The fourth-order valence-electron chi connectivity index (χ4n) is 3.74. The summed E-state index contributed by atoms with van der Waals surface area (Å²) >= 11 is 2.94. The van der Waals surface area contributed by atoms with Gasteiger partial charge in [0.2, 0.25) is 0 Å². The molecule has 2 aromatic carbocycles. The molecule has 1 aliphatic heterocycles. The minimum absolute atomic E-state index is 0.192. The number of benzene rings is 2. The Morgan fingerprint density at radius 1 is 1.18 bits per heavy atom. The van der Waals surface area contributed by atoms with E-state index in [0.29, 0.717) is 20.6 Å². The monoisotopic (exact) mass is 480 g/mol. The zero-order valence-electron chi connectivity index (χ0n) is 18.8. The van der Waals surface area contributed by atoms with Crippen LogP contribution in [0.5, 0.6) is 5.75 Å². The lowest BCUT2D eigenvalue weighted by molar-refractivity contribution is -0.139. The summed E-state index contributed by atoms with van der Waals surface area (Å²) in [5.41, 5.74) is 2.47. The van der Waals surface area contributed by atoms with E-state index in [1.165, 1.54) is 11.3 Å². The first-order chi connectivity index (χ1) is 16.0. The van der Waals surface area contributed by atoms with Crippen LogP contribution < -0.4 is 19.6 Å². The van der Waals surface area contributed by atoms with Gasteiger partial charge in [0.05, 0.1) is 35.6 Å². The zero-order chi connectivity index (χ0) is 23.5. The predicted molar refractivity (Wildman–Crippen MR) is 132 cm³/mol. The number of methoxy groups -OCH3 is 1. The van der Waals surface area contributed by atoms with E-state index in [4.69, 9.17) is 9.47 Å². The average Bonchev–Trinajstić information content (AvgIpc) is 3.13. The van der Waals surface area contributed by atoms with Crippen molar-refractivity contribution in [3.8, 4) is 5.75 Å². The fraction of sp³-hybridized carbons (Fsp3) is 0.240. The van der Waals surface area contributed by atoms with E-state index in [-0.39, 0.29) is 12.2 Å². The highest BCUT2D eigenvalue weighted by molar-refractivity contribution is 7.98. The molecule has 0 amide bonds. The number of rotatable bonds is 6. The molecule has 0 aliphatic carbocycles. The minimum atomic E-state index is -0.603. The Labute approximate surface area is 199 Å². The molecule has 2 heterocycles. The molecule has 6 nitrogen and oxygen atoms in total. The molecule has 0 fully saturated rings. The third-order valence-corrected chi connectivity index (χ3v) is 7.09. The van der Waals surface area contributed by atoms with Gasteiger partial charge in [0.1, 0.15) is 5.75 Å². The van der Waals surface area contributed by atoms with Gasteiger partial charge in [0, 0.05) is 4.90 Å². The van der Waals surface area contributed by atoms with Gasteiger partial charge in [-0.15, -0.1) is 11.8 Å². The van der Waals surface area contributed by atoms with Crippen LogP contribution in [0.2, 0.25) is 0 Å². The second-order valence-electron chi connectivity index (χ2n) is 7.35. The van der Waals surface area contributed by atoms with Crippen LogP contribution >= 0.6 is 23.1 Å². The van der Waals surface area contributed by atoms with E-state index in [2.05, 4.69) is 4.99 Å². The van der Waals surface area contributed by atoms with Gasteiger partial charge in [0.25, 0.3) is 5.56 Å². The number of hydrogen-bond acceptors (Lipinski definition) is 7. The molecule has 0 saturated heterocycles. The number of carbonyl (C=O) groups excluding carboxylic acids is 1. The molecule has 3 aromatic rings. The van der Waals surface area contributed by atoms with E-state index < -0.39 is 12.0 Å². The van der Waals surface area contributed by atoms with E-state index in [0.717, 1.165) is 21.8 Å². The van der Waals surface area contributed by atoms with Gasteiger partial charge in [-0.2, -0.15) is 0 Å². The SMILES string of the molecule is CCOC(=O)C1=C(C)N=c2s/c(=C/c3ccc(OC)cc3)c(=O)n2[C@@H]1c1ccc(SC)cc1. The lowest BCUT2D eigenvalue weighted by Gasteiger charge is -2.24. The van der Waals surface area contributed by atoms with Crippen molar-refractivity contribution in [2.24, 2.45) is 4.99 Å². The van der Waals surface area contributed by atoms with Crippen LogP contribution in [0, 0.1) is 0 Å². The van der Waals surface area contributed by atoms with E-state index in [1.807, 2.05) is 60.9 Å². The number of thioether (sulfide) groups is 1. The molecule has 33 heavy (non-hydrogen) atoms. The van der Waals surface area contributed by atoms with Gasteiger partial charge in [-0.05, 0) is 61.6 Å². The molecule has 1 aromatic heterocycles. The van der Waals surface area contributed by atoms with Gasteiger partial charge in [-0.25, -0.2) is 9.79 Å². The first kappa shape index (κ1) is 23.1. The second kappa shape index (κ2) is 9.80. The zero-order valence-corrected chi connectivity index (χ0v) is 20.5. The van der Waals surface area contributed by atoms with E-state index in [9.17, 15) is 9.59 Å². The van der Waals surface area contributed by atoms with Crippen LogP contribution in [0.25, 0.3) is 6.08 Å². The van der Waals surface area contributed by atoms with E-state index in [1.54, 1.807) is 37.3 Å². The Bertz CT molecular complexity index is 1380. The highest BCUT2D eigenvalue weighted by atomic mass is 32.2. The van der Waals surface area contributed by atoms with Gasteiger partial charge in [0.15, 0.2) is 4.80 Å². The van der Waals surface area contributed by atoms with Gasteiger partial charge in [-0.3, -0.25) is 9.36 Å². The summed E-state index contributed by atoms with van der Waals surface area (Å²) in [7, 11) is 1.61. The quantitative estimate of drug-likeness (QED) is 0.399. The Kier molecular flexibility index (Phi) is 6.85. The molecule has 8 heteroatoms. The number of hydrogen-bond donors (Lipinski definition) is 0. The smallest absolute Gasteiger partial charge is 0.338 e. The van der Waals surface area contributed by atoms with Gasteiger partial charge in [-0.1, -0.05) is 35.6 Å². The van der Waals surface area contributed by atoms with Gasteiger partial charge < -0.3 is 9.47 Å². The summed E-state index contributed by atoms with van der Waals surface area (Å²) in [6.07, 6.45) is 3.84. The molecular formula is C25H24N2O4S2.